The molecule has 2 heterocycles. The second-order valence-corrected chi connectivity index (χ2v) is 6.30. The fourth-order valence-electron chi connectivity index (χ4n) is 1.62. The summed E-state index contributed by atoms with van der Waals surface area (Å²) in [5.74, 6) is 1.37. The Labute approximate surface area is 117 Å². The molecule has 0 radical (unpaired) electrons. The molecule has 2 aromatic heterocycles. The minimum absolute atomic E-state index is 0.198. The molecule has 1 N–H and O–H groups in total. The Balaban J connectivity index is 2.04. The molecule has 6 heteroatoms. The number of thiazole rings is 1. The molecule has 0 spiro atoms. The van der Waals surface area contributed by atoms with Crippen molar-refractivity contribution in [2.75, 3.05) is 0 Å². The van der Waals surface area contributed by atoms with Crippen molar-refractivity contribution < 1.29 is 4.52 Å². The molecule has 0 atom stereocenters. The minimum atomic E-state index is -0.198. The third kappa shape index (κ3) is 3.19. The molecule has 0 unspecified atom stereocenters. The lowest BCUT2D eigenvalue weighted by Gasteiger charge is -2.22. The molecule has 0 aliphatic rings. The van der Waals surface area contributed by atoms with E-state index in [0.29, 0.717) is 18.3 Å². The van der Waals surface area contributed by atoms with Crippen LogP contribution >= 0.6 is 11.3 Å². The van der Waals surface area contributed by atoms with E-state index in [2.05, 4.69) is 41.2 Å². The molecule has 0 fully saturated rings. The van der Waals surface area contributed by atoms with Gasteiger partial charge >= 0.3 is 0 Å². The van der Waals surface area contributed by atoms with Crippen molar-refractivity contribution in [2.45, 2.75) is 53.1 Å². The van der Waals surface area contributed by atoms with Gasteiger partial charge in [-0.1, -0.05) is 12.1 Å². The second-order valence-electron chi connectivity index (χ2n) is 5.10. The predicted molar refractivity (Wildman–Crippen MR) is 75.1 cm³/mol. The zero-order valence-corrected chi connectivity index (χ0v) is 12.9. The van der Waals surface area contributed by atoms with Gasteiger partial charge in [0.2, 0.25) is 5.89 Å². The van der Waals surface area contributed by atoms with Crippen molar-refractivity contribution in [1.29, 1.82) is 0 Å². The van der Waals surface area contributed by atoms with Crippen LogP contribution in [0.5, 0.6) is 0 Å². The van der Waals surface area contributed by atoms with Crippen LogP contribution in [0.2, 0.25) is 0 Å². The van der Waals surface area contributed by atoms with Crippen molar-refractivity contribution in [3.05, 3.63) is 27.3 Å². The summed E-state index contributed by atoms with van der Waals surface area (Å²) in [7, 11) is 0. The van der Waals surface area contributed by atoms with Crippen molar-refractivity contribution in [3.8, 4) is 0 Å². The van der Waals surface area contributed by atoms with Gasteiger partial charge in [-0.05, 0) is 27.7 Å². The van der Waals surface area contributed by atoms with Gasteiger partial charge in [0.15, 0.2) is 5.82 Å². The lowest BCUT2D eigenvalue weighted by Crippen LogP contribution is -2.36. The average molecular weight is 280 g/mol. The van der Waals surface area contributed by atoms with Crippen molar-refractivity contribution in [1.82, 2.24) is 20.4 Å². The highest BCUT2D eigenvalue weighted by Crippen LogP contribution is 2.27. The van der Waals surface area contributed by atoms with E-state index in [1.807, 2.05) is 13.8 Å². The number of nitrogens with zero attached hydrogens (tertiary/aromatic N) is 3. The van der Waals surface area contributed by atoms with Crippen molar-refractivity contribution in [3.63, 3.8) is 0 Å². The van der Waals surface area contributed by atoms with E-state index in [4.69, 9.17) is 4.52 Å². The van der Waals surface area contributed by atoms with Crippen molar-refractivity contribution in [2.24, 2.45) is 0 Å². The Hall–Kier alpha value is -1.27. The molecule has 0 aliphatic carbocycles. The van der Waals surface area contributed by atoms with Crippen LogP contribution in [-0.2, 0) is 18.5 Å². The molecule has 104 valence electrons. The SMILES string of the molecule is CCc1nc(CNC(C)(C)c2nc(C)c(C)s2)no1. The van der Waals surface area contributed by atoms with Gasteiger partial charge in [0.1, 0.15) is 5.01 Å². The highest BCUT2D eigenvalue weighted by Gasteiger charge is 2.25. The third-order valence-electron chi connectivity index (χ3n) is 3.06. The monoisotopic (exact) mass is 280 g/mol. The summed E-state index contributed by atoms with van der Waals surface area (Å²) in [6.07, 6.45) is 0.765. The van der Waals surface area contributed by atoms with Crippen LogP contribution in [0.1, 0.15) is 48.1 Å². The molecule has 2 rings (SSSR count). The number of hydrogen-bond donors (Lipinski definition) is 1. The van der Waals surface area contributed by atoms with Crippen LogP contribution < -0.4 is 5.32 Å². The van der Waals surface area contributed by atoms with E-state index < -0.39 is 0 Å². The Morgan fingerprint density at radius 1 is 1.26 bits per heavy atom. The van der Waals surface area contributed by atoms with Gasteiger partial charge in [-0.2, -0.15) is 4.98 Å². The van der Waals surface area contributed by atoms with Gasteiger partial charge in [-0.15, -0.1) is 11.3 Å². The van der Waals surface area contributed by atoms with Crippen LogP contribution in [0.3, 0.4) is 0 Å². The van der Waals surface area contributed by atoms with E-state index >= 15 is 0 Å². The summed E-state index contributed by atoms with van der Waals surface area (Å²) in [6, 6.07) is 0. The average Bonchev–Trinajstić information content (AvgIpc) is 2.95. The highest BCUT2D eigenvalue weighted by molar-refractivity contribution is 7.11. The first-order valence-corrected chi connectivity index (χ1v) is 7.25. The first-order valence-electron chi connectivity index (χ1n) is 6.43. The van der Waals surface area contributed by atoms with E-state index in [1.54, 1.807) is 11.3 Å². The third-order valence-corrected chi connectivity index (χ3v) is 4.46. The molecule has 0 bridgehead atoms. The molecular weight excluding hydrogens is 260 g/mol. The normalized spacial score (nSPS) is 12.1. The standard InChI is InChI=1S/C13H20N4OS/c1-6-11-16-10(17-18-11)7-14-13(4,5)12-15-8(2)9(3)19-12/h14H,6-7H2,1-5H3. The summed E-state index contributed by atoms with van der Waals surface area (Å²) in [5.41, 5.74) is 0.902. The Morgan fingerprint density at radius 2 is 2.00 bits per heavy atom. The fraction of sp³-hybridized carbons (Fsp3) is 0.615. The maximum atomic E-state index is 5.09. The Morgan fingerprint density at radius 3 is 2.53 bits per heavy atom. The molecule has 0 amide bonds. The molecule has 0 aromatic carbocycles. The summed E-state index contributed by atoms with van der Waals surface area (Å²) >= 11 is 1.73. The first kappa shape index (κ1) is 14.1. The van der Waals surface area contributed by atoms with E-state index in [-0.39, 0.29) is 5.54 Å². The number of rotatable bonds is 5. The first-order chi connectivity index (χ1) is 8.92. The maximum Gasteiger partial charge on any atom is 0.226 e. The van der Waals surface area contributed by atoms with Gasteiger partial charge in [0.25, 0.3) is 0 Å². The summed E-state index contributed by atoms with van der Waals surface area (Å²) < 4.78 is 5.09. The Kier molecular flexibility index (Phi) is 4.01. The molecule has 19 heavy (non-hydrogen) atoms. The van der Waals surface area contributed by atoms with Crippen molar-refractivity contribution >= 4 is 11.3 Å². The number of aryl methyl sites for hydroxylation is 3. The molecule has 5 nitrogen and oxygen atoms in total. The molecule has 2 aromatic rings. The minimum Gasteiger partial charge on any atom is -0.339 e. The summed E-state index contributed by atoms with van der Waals surface area (Å²) in [5, 5.41) is 8.46. The number of hydrogen-bond acceptors (Lipinski definition) is 6. The quantitative estimate of drug-likeness (QED) is 0.912. The Bertz CT molecular complexity index is 539. The zero-order valence-electron chi connectivity index (χ0n) is 12.1. The zero-order chi connectivity index (χ0) is 14.0. The van der Waals surface area contributed by atoms with E-state index in [0.717, 1.165) is 17.1 Å². The molecule has 0 saturated heterocycles. The number of aromatic nitrogens is 3. The van der Waals surface area contributed by atoms with E-state index in [9.17, 15) is 0 Å². The summed E-state index contributed by atoms with van der Waals surface area (Å²) in [6.45, 7) is 10.9. The van der Waals surface area contributed by atoms with Crippen LogP contribution in [0.25, 0.3) is 0 Å². The largest absolute Gasteiger partial charge is 0.339 e. The smallest absolute Gasteiger partial charge is 0.226 e. The van der Waals surface area contributed by atoms with Crippen LogP contribution in [-0.4, -0.2) is 15.1 Å². The van der Waals surface area contributed by atoms with E-state index in [1.165, 1.54) is 4.88 Å². The lowest BCUT2D eigenvalue weighted by atomic mass is 10.1. The van der Waals surface area contributed by atoms with Crippen LogP contribution in [0.15, 0.2) is 4.52 Å². The molecule has 0 saturated carbocycles. The molecular formula is C13H20N4OS. The lowest BCUT2D eigenvalue weighted by molar-refractivity contribution is 0.360. The highest BCUT2D eigenvalue weighted by atomic mass is 32.1. The van der Waals surface area contributed by atoms with Crippen LogP contribution in [0, 0.1) is 13.8 Å². The fourth-order valence-corrected chi connectivity index (χ4v) is 2.61. The number of nitrogens with one attached hydrogen (secondary N) is 1. The summed E-state index contributed by atoms with van der Waals surface area (Å²) in [4.78, 5) is 10.2. The topological polar surface area (TPSA) is 63.8 Å². The second kappa shape index (κ2) is 5.38. The maximum absolute atomic E-state index is 5.09. The van der Waals surface area contributed by atoms with Gasteiger partial charge in [0.05, 0.1) is 17.8 Å². The molecule has 0 aliphatic heterocycles. The van der Waals surface area contributed by atoms with Gasteiger partial charge in [-0.3, -0.25) is 5.32 Å². The van der Waals surface area contributed by atoms with Gasteiger partial charge in [-0.25, -0.2) is 4.98 Å². The van der Waals surface area contributed by atoms with Gasteiger partial charge < -0.3 is 4.52 Å². The van der Waals surface area contributed by atoms with Gasteiger partial charge in [0, 0.05) is 11.3 Å². The van der Waals surface area contributed by atoms with Crippen LogP contribution in [0.4, 0.5) is 0 Å². The predicted octanol–water partition coefficient (Wildman–Crippen LogP) is 2.73.